The minimum absolute atomic E-state index is 0.0336. The van der Waals surface area contributed by atoms with Gasteiger partial charge in [0.2, 0.25) is 0 Å². The van der Waals surface area contributed by atoms with Gasteiger partial charge in [0, 0.05) is 5.56 Å². The number of aromatic carboxylic acids is 1. The van der Waals surface area contributed by atoms with Crippen LogP contribution in [0.15, 0.2) is 41.3 Å². The lowest BCUT2D eigenvalue weighted by molar-refractivity contribution is -0.123. The molecule has 1 aliphatic heterocycles. The first kappa shape index (κ1) is 25.3. The lowest BCUT2D eigenvalue weighted by atomic mass is 9.87. The molecule has 0 bridgehead atoms. The Morgan fingerprint density at radius 1 is 1.09 bits per heavy atom. The van der Waals surface area contributed by atoms with E-state index in [4.69, 9.17) is 21.7 Å². The third-order valence-corrected chi connectivity index (χ3v) is 6.40. The van der Waals surface area contributed by atoms with Crippen LogP contribution in [0.5, 0.6) is 11.5 Å². The smallest absolute Gasteiger partial charge is 0.340 e. The van der Waals surface area contributed by atoms with Gasteiger partial charge in [-0.05, 0) is 53.0 Å². The van der Waals surface area contributed by atoms with E-state index in [9.17, 15) is 19.5 Å². The Hall–Kier alpha value is -3.37. The van der Waals surface area contributed by atoms with Gasteiger partial charge in [0.15, 0.2) is 15.8 Å². The van der Waals surface area contributed by atoms with E-state index in [0.29, 0.717) is 5.56 Å². The molecular formula is C24H24N2O6S2. The highest BCUT2D eigenvalue weighted by molar-refractivity contribution is 8.26. The van der Waals surface area contributed by atoms with Crippen molar-refractivity contribution in [2.75, 3.05) is 14.2 Å². The number of thiocarbonyl (C=S) groups is 1. The van der Waals surface area contributed by atoms with Gasteiger partial charge in [-0.25, -0.2) is 4.79 Å². The molecule has 10 heteroatoms. The summed E-state index contributed by atoms with van der Waals surface area (Å²) in [6.07, 6.45) is 1.40. The van der Waals surface area contributed by atoms with Gasteiger partial charge in [-0.2, -0.15) is 5.01 Å². The van der Waals surface area contributed by atoms with Crippen molar-refractivity contribution in [1.82, 2.24) is 10.4 Å². The average Bonchev–Trinajstić information content (AvgIpc) is 3.05. The first-order valence-electron chi connectivity index (χ1n) is 10.2. The lowest BCUT2D eigenvalue weighted by Crippen LogP contribution is -2.44. The topological polar surface area (TPSA) is 105 Å². The fourth-order valence-corrected chi connectivity index (χ4v) is 4.45. The molecule has 0 radical (unpaired) electrons. The summed E-state index contributed by atoms with van der Waals surface area (Å²) in [6, 6.07) is 10.2. The lowest BCUT2D eigenvalue weighted by Gasteiger charge is -2.19. The van der Waals surface area contributed by atoms with Crippen LogP contribution in [0.2, 0.25) is 0 Å². The zero-order chi connectivity index (χ0) is 25.2. The Morgan fingerprint density at radius 3 is 2.26 bits per heavy atom. The van der Waals surface area contributed by atoms with Crippen LogP contribution >= 0.6 is 24.0 Å². The van der Waals surface area contributed by atoms with E-state index in [1.807, 2.05) is 12.1 Å². The maximum Gasteiger partial charge on any atom is 0.340 e. The normalized spacial score (nSPS) is 15.0. The van der Waals surface area contributed by atoms with Crippen LogP contribution in [0.3, 0.4) is 0 Å². The van der Waals surface area contributed by atoms with Gasteiger partial charge >= 0.3 is 5.97 Å². The Bertz CT molecular complexity index is 1200. The second kappa shape index (κ2) is 9.86. The van der Waals surface area contributed by atoms with Gasteiger partial charge in [0.05, 0.1) is 19.1 Å². The van der Waals surface area contributed by atoms with Crippen molar-refractivity contribution in [3.8, 4) is 11.5 Å². The predicted molar refractivity (Wildman–Crippen MR) is 134 cm³/mol. The number of hydrogen-bond donors (Lipinski definition) is 2. The Kier molecular flexibility index (Phi) is 7.32. The van der Waals surface area contributed by atoms with E-state index >= 15 is 0 Å². The molecule has 0 spiro atoms. The van der Waals surface area contributed by atoms with Crippen molar-refractivity contribution in [2.45, 2.75) is 26.2 Å². The van der Waals surface area contributed by atoms with E-state index < -0.39 is 17.8 Å². The number of rotatable bonds is 6. The Balaban J connectivity index is 1.86. The number of ether oxygens (including phenoxy) is 2. The van der Waals surface area contributed by atoms with Crippen molar-refractivity contribution in [1.29, 1.82) is 0 Å². The molecular weight excluding hydrogens is 476 g/mol. The number of benzene rings is 2. The molecule has 0 atom stereocenters. The third-order valence-electron chi connectivity index (χ3n) is 5.10. The summed E-state index contributed by atoms with van der Waals surface area (Å²) >= 11 is 6.23. The number of hydrazine groups is 1. The highest BCUT2D eigenvalue weighted by atomic mass is 32.2. The van der Waals surface area contributed by atoms with E-state index in [1.54, 1.807) is 18.2 Å². The molecule has 3 rings (SSSR count). The first-order chi connectivity index (χ1) is 16.0. The largest absolute Gasteiger partial charge is 0.493 e. The molecule has 2 aromatic carbocycles. The number of amides is 2. The molecule has 0 aromatic heterocycles. The standard InChI is InChI=1S/C24H24N2O6S2/c1-24(2,3)15-9-6-13(7-10-15)20(27)25-26-21(28)17(34-23(26)33)12-14-8-11-16(31-4)19(32-5)18(14)22(29)30/h6-12H,1-5H3,(H,25,27)(H,29,30)/b17-12+. The highest BCUT2D eigenvalue weighted by Crippen LogP contribution is 2.37. The third kappa shape index (κ3) is 5.07. The minimum atomic E-state index is -1.25. The number of nitrogens with one attached hydrogen (secondary N) is 1. The Labute approximate surface area is 206 Å². The van der Waals surface area contributed by atoms with Gasteiger partial charge in [-0.15, -0.1) is 0 Å². The average molecular weight is 501 g/mol. The predicted octanol–water partition coefficient (Wildman–Crippen LogP) is 4.25. The number of hydrogen-bond acceptors (Lipinski definition) is 7. The monoisotopic (exact) mass is 500 g/mol. The Morgan fingerprint density at radius 2 is 1.74 bits per heavy atom. The molecule has 1 heterocycles. The summed E-state index contributed by atoms with van der Waals surface area (Å²) in [5.74, 6) is -2.03. The number of carboxylic acids is 1. The van der Waals surface area contributed by atoms with Gasteiger partial charge in [-0.3, -0.25) is 15.0 Å². The number of thioether (sulfide) groups is 1. The molecule has 2 amide bonds. The van der Waals surface area contributed by atoms with E-state index in [0.717, 1.165) is 22.3 Å². The zero-order valence-electron chi connectivity index (χ0n) is 19.3. The van der Waals surface area contributed by atoms with Gasteiger partial charge < -0.3 is 14.6 Å². The molecule has 2 N–H and O–H groups in total. The minimum Gasteiger partial charge on any atom is -0.493 e. The van der Waals surface area contributed by atoms with E-state index in [-0.39, 0.29) is 37.3 Å². The fraction of sp³-hybridized carbons (Fsp3) is 0.250. The van der Waals surface area contributed by atoms with Gasteiger partial charge in [0.25, 0.3) is 11.8 Å². The molecule has 1 saturated heterocycles. The highest BCUT2D eigenvalue weighted by Gasteiger charge is 2.34. The summed E-state index contributed by atoms with van der Waals surface area (Å²) in [5, 5.41) is 10.7. The molecule has 1 fully saturated rings. The summed E-state index contributed by atoms with van der Waals surface area (Å²) in [6.45, 7) is 6.22. The van der Waals surface area contributed by atoms with E-state index in [1.165, 1.54) is 26.4 Å². The summed E-state index contributed by atoms with van der Waals surface area (Å²) in [4.78, 5) is 37.7. The van der Waals surface area contributed by atoms with E-state index in [2.05, 4.69) is 26.2 Å². The summed E-state index contributed by atoms with van der Waals surface area (Å²) in [5.41, 5.74) is 3.99. The molecule has 2 aromatic rings. The molecule has 1 aliphatic rings. The molecule has 0 saturated carbocycles. The number of nitrogens with zero attached hydrogens (tertiary/aromatic N) is 1. The molecule has 0 aliphatic carbocycles. The number of carbonyl (C=O) groups excluding carboxylic acids is 2. The van der Waals surface area contributed by atoms with Crippen LogP contribution in [-0.4, -0.2) is 46.4 Å². The SMILES string of the molecule is COc1ccc(/C=C2/SC(=S)N(NC(=O)c3ccc(C(C)(C)C)cc3)C2=O)c(C(=O)O)c1OC. The van der Waals surface area contributed by atoms with Crippen molar-refractivity contribution < 1.29 is 29.0 Å². The van der Waals surface area contributed by atoms with Crippen LogP contribution in [0.1, 0.15) is 52.6 Å². The fourth-order valence-electron chi connectivity index (χ4n) is 3.28. The second-order valence-electron chi connectivity index (χ2n) is 8.36. The molecule has 8 nitrogen and oxygen atoms in total. The molecule has 34 heavy (non-hydrogen) atoms. The van der Waals surface area contributed by atoms with Crippen LogP contribution < -0.4 is 14.9 Å². The van der Waals surface area contributed by atoms with Crippen molar-refractivity contribution >= 4 is 52.2 Å². The number of carbonyl (C=O) groups is 3. The summed E-state index contributed by atoms with van der Waals surface area (Å²) < 4.78 is 10.5. The zero-order valence-corrected chi connectivity index (χ0v) is 20.9. The van der Waals surface area contributed by atoms with Crippen molar-refractivity contribution in [2.24, 2.45) is 0 Å². The number of carboxylic acid groups (broad SMARTS) is 1. The first-order valence-corrected chi connectivity index (χ1v) is 11.4. The quantitative estimate of drug-likeness (QED) is 0.448. The van der Waals surface area contributed by atoms with Gasteiger partial charge in [-0.1, -0.05) is 50.7 Å². The second-order valence-corrected chi connectivity index (χ2v) is 10.0. The van der Waals surface area contributed by atoms with Crippen LogP contribution in [-0.2, 0) is 10.2 Å². The molecule has 0 unspecified atom stereocenters. The van der Waals surface area contributed by atoms with Crippen LogP contribution in [0.25, 0.3) is 6.08 Å². The number of methoxy groups -OCH3 is 2. The maximum absolute atomic E-state index is 13.0. The van der Waals surface area contributed by atoms with Gasteiger partial charge in [0.1, 0.15) is 5.56 Å². The maximum atomic E-state index is 13.0. The van der Waals surface area contributed by atoms with Crippen LogP contribution in [0.4, 0.5) is 0 Å². The van der Waals surface area contributed by atoms with Crippen molar-refractivity contribution in [3.63, 3.8) is 0 Å². The van der Waals surface area contributed by atoms with Crippen LogP contribution in [0, 0.1) is 0 Å². The van der Waals surface area contributed by atoms with Crippen molar-refractivity contribution in [3.05, 3.63) is 63.6 Å². The molecule has 178 valence electrons. The summed E-state index contributed by atoms with van der Waals surface area (Å²) in [7, 11) is 2.73.